The monoisotopic (exact) mass is 434 g/mol. The van der Waals surface area contributed by atoms with Crippen LogP contribution in [-0.4, -0.2) is 23.1 Å². The summed E-state index contributed by atoms with van der Waals surface area (Å²) in [5, 5.41) is 7.82. The first-order valence-electron chi connectivity index (χ1n) is 11.3. The van der Waals surface area contributed by atoms with Gasteiger partial charge in [0.1, 0.15) is 23.6 Å². The second-order valence-corrected chi connectivity index (χ2v) is 8.29. The summed E-state index contributed by atoms with van der Waals surface area (Å²) in [5.41, 5.74) is 3.85. The van der Waals surface area contributed by atoms with Crippen LogP contribution in [0.4, 0.5) is 11.5 Å². The first kappa shape index (κ1) is 21.0. The SMILES string of the molecule is Cc1cc(Nc2ncnc3ccc(C#C[C@@H]4CCCNC4)cc23)ccc1Oc1ccccc1. The lowest BCUT2D eigenvalue weighted by molar-refractivity contribution is 0.449. The van der Waals surface area contributed by atoms with Crippen LogP contribution < -0.4 is 15.4 Å². The van der Waals surface area contributed by atoms with Gasteiger partial charge >= 0.3 is 0 Å². The van der Waals surface area contributed by atoms with Gasteiger partial charge in [-0.05, 0) is 80.4 Å². The number of rotatable bonds is 4. The number of aromatic nitrogens is 2. The number of benzene rings is 3. The lowest BCUT2D eigenvalue weighted by atomic mass is 10.00. The quantitative estimate of drug-likeness (QED) is 0.396. The summed E-state index contributed by atoms with van der Waals surface area (Å²) in [7, 11) is 0. The van der Waals surface area contributed by atoms with Crippen LogP contribution in [0.25, 0.3) is 10.9 Å². The fourth-order valence-electron chi connectivity index (χ4n) is 3.99. The Morgan fingerprint density at radius 3 is 2.76 bits per heavy atom. The van der Waals surface area contributed by atoms with Crippen LogP contribution in [0, 0.1) is 24.7 Å². The maximum atomic E-state index is 6.00. The smallest absolute Gasteiger partial charge is 0.141 e. The highest BCUT2D eigenvalue weighted by Gasteiger charge is 2.10. The average Bonchev–Trinajstić information content (AvgIpc) is 2.86. The van der Waals surface area contributed by atoms with Crippen molar-refractivity contribution in [3.63, 3.8) is 0 Å². The van der Waals surface area contributed by atoms with E-state index in [2.05, 4.69) is 44.6 Å². The lowest BCUT2D eigenvalue weighted by Crippen LogP contribution is -2.28. The van der Waals surface area contributed by atoms with Gasteiger partial charge in [0.2, 0.25) is 0 Å². The third-order valence-electron chi connectivity index (χ3n) is 5.76. The van der Waals surface area contributed by atoms with Gasteiger partial charge in [-0.1, -0.05) is 30.0 Å². The van der Waals surface area contributed by atoms with E-state index in [0.717, 1.165) is 64.5 Å². The summed E-state index contributed by atoms with van der Waals surface area (Å²) < 4.78 is 6.00. The molecule has 1 saturated heterocycles. The topological polar surface area (TPSA) is 59.1 Å². The molecule has 33 heavy (non-hydrogen) atoms. The molecule has 5 heteroatoms. The number of nitrogens with zero attached hydrogens (tertiary/aromatic N) is 2. The highest BCUT2D eigenvalue weighted by molar-refractivity contribution is 5.91. The number of fused-ring (bicyclic) bond motifs is 1. The van der Waals surface area contributed by atoms with E-state index in [1.54, 1.807) is 6.33 Å². The Bertz CT molecular complexity index is 1320. The van der Waals surface area contributed by atoms with Gasteiger partial charge in [0, 0.05) is 29.1 Å². The molecule has 5 nitrogen and oxygen atoms in total. The Morgan fingerprint density at radius 1 is 1.03 bits per heavy atom. The molecule has 2 heterocycles. The van der Waals surface area contributed by atoms with Crippen LogP contribution in [0.5, 0.6) is 11.5 Å². The van der Waals surface area contributed by atoms with E-state index in [9.17, 15) is 0 Å². The van der Waals surface area contributed by atoms with Gasteiger partial charge in [-0.2, -0.15) is 0 Å². The molecule has 3 aromatic carbocycles. The second kappa shape index (κ2) is 9.72. The number of aryl methyl sites for hydroxylation is 1. The number of para-hydroxylation sites is 1. The first-order valence-corrected chi connectivity index (χ1v) is 11.3. The molecule has 0 bridgehead atoms. The lowest BCUT2D eigenvalue weighted by Gasteiger charge is -2.17. The molecule has 164 valence electrons. The van der Waals surface area contributed by atoms with Crippen LogP contribution in [0.2, 0.25) is 0 Å². The van der Waals surface area contributed by atoms with Crippen molar-refractivity contribution < 1.29 is 4.74 Å². The molecule has 0 amide bonds. The van der Waals surface area contributed by atoms with E-state index in [-0.39, 0.29) is 0 Å². The molecular weight excluding hydrogens is 408 g/mol. The van der Waals surface area contributed by atoms with Crippen molar-refractivity contribution in [2.24, 2.45) is 5.92 Å². The summed E-state index contributed by atoms with van der Waals surface area (Å²) in [6.07, 6.45) is 3.93. The maximum Gasteiger partial charge on any atom is 0.141 e. The molecule has 0 radical (unpaired) electrons. The number of hydrogen-bond donors (Lipinski definition) is 2. The van der Waals surface area contributed by atoms with Crippen LogP contribution in [0.1, 0.15) is 24.0 Å². The third-order valence-corrected chi connectivity index (χ3v) is 5.76. The summed E-state index contributed by atoms with van der Waals surface area (Å²) in [5.74, 6) is 9.59. The van der Waals surface area contributed by atoms with Gasteiger partial charge in [0.05, 0.1) is 5.52 Å². The Balaban J connectivity index is 1.38. The van der Waals surface area contributed by atoms with Crippen LogP contribution in [0.15, 0.2) is 73.1 Å². The molecule has 1 aromatic heterocycles. The normalized spacial score (nSPS) is 15.5. The van der Waals surface area contributed by atoms with Crippen LogP contribution >= 0.6 is 0 Å². The molecule has 0 saturated carbocycles. The largest absolute Gasteiger partial charge is 0.457 e. The van der Waals surface area contributed by atoms with Gasteiger partial charge in [-0.15, -0.1) is 0 Å². The van der Waals surface area contributed by atoms with Crippen molar-refractivity contribution in [2.75, 3.05) is 18.4 Å². The highest BCUT2D eigenvalue weighted by Crippen LogP contribution is 2.30. The molecule has 0 aliphatic carbocycles. The van der Waals surface area contributed by atoms with Gasteiger partial charge < -0.3 is 15.4 Å². The predicted molar refractivity (Wildman–Crippen MR) is 133 cm³/mol. The standard InChI is InChI=1S/C28H26N4O/c1-20-16-23(12-14-27(20)33-24-7-3-2-4-8-24)32-28-25-17-21(11-13-26(25)30-19-31-28)9-10-22-6-5-15-29-18-22/h2-4,7-8,11-14,16-17,19,22,29H,5-6,15,18H2,1H3,(H,30,31,32)/t22-/m0/s1. The molecule has 0 unspecified atom stereocenters. The van der Waals surface area contributed by atoms with E-state index in [1.165, 1.54) is 6.42 Å². The van der Waals surface area contributed by atoms with Crippen molar-refractivity contribution in [2.45, 2.75) is 19.8 Å². The molecule has 1 aliphatic rings. The van der Waals surface area contributed by atoms with Crippen LogP contribution in [0.3, 0.4) is 0 Å². The van der Waals surface area contributed by atoms with Crippen molar-refractivity contribution in [3.8, 4) is 23.3 Å². The fraction of sp³-hybridized carbons (Fsp3) is 0.214. The van der Waals surface area contributed by atoms with E-state index in [4.69, 9.17) is 4.74 Å². The van der Waals surface area contributed by atoms with Gasteiger partial charge in [-0.3, -0.25) is 0 Å². The third kappa shape index (κ3) is 5.14. The van der Waals surface area contributed by atoms with E-state index >= 15 is 0 Å². The van der Waals surface area contributed by atoms with Crippen LogP contribution in [-0.2, 0) is 0 Å². The zero-order chi connectivity index (χ0) is 22.5. The average molecular weight is 435 g/mol. The number of hydrogen-bond acceptors (Lipinski definition) is 5. The van der Waals surface area contributed by atoms with Crippen molar-refractivity contribution in [1.82, 2.24) is 15.3 Å². The maximum absolute atomic E-state index is 6.00. The Kier molecular flexibility index (Phi) is 6.19. The predicted octanol–water partition coefficient (Wildman–Crippen LogP) is 5.83. The molecule has 0 spiro atoms. The zero-order valence-electron chi connectivity index (χ0n) is 18.6. The molecule has 1 fully saturated rings. The van der Waals surface area contributed by atoms with E-state index in [0.29, 0.717) is 5.92 Å². The minimum Gasteiger partial charge on any atom is -0.457 e. The van der Waals surface area contributed by atoms with Crippen molar-refractivity contribution in [3.05, 3.63) is 84.2 Å². The molecule has 5 rings (SSSR count). The van der Waals surface area contributed by atoms with E-state index in [1.807, 2.05) is 61.5 Å². The van der Waals surface area contributed by atoms with Gasteiger partial charge in [0.25, 0.3) is 0 Å². The van der Waals surface area contributed by atoms with Gasteiger partial charge in [0.15, 0.2) is 0 Å². The molecule has 1 aliphatic heterocycles. The molecule has 1 atom stereocenters. The highest BCUT2D eigenvalue weighted by atomic mass is 16.5. The summed E-state index contributed by atoms with van der Waals surface area (Å²) in [6, 6.07) is 21.9. The molecule has 2 N–H and O–H groups in total. The number of nitrogens with one attached hydrogen (secondary N) is 2. The number of anilines is 2. The molecular formula is C28H26N4O. The Morgan fingerprint density at radius 2 is 1.94 bits per heavy atom. The van der Waals surface area contributed by atoms with Crippen molar-refractivity contribution in [1.29, 1.82) is 0 Å². The molecule has 4 aromatic rings. The first-order chi connectivity index (χ1) is 16.2. The van der Waals surface area contributed by atoms with E-state index < -0.39 is 0 Å². The minimum atomic E-state index is 0.415. The number of piperidine rings is 1. The number of ether oxygens (including phenoxy) is 1. The summed E-state index contributed by atoms with van der Waals surface area (Å²) in [4.78, 5) is 8.93. The fourth-order valence-corrected chi connectivity index (χ4v) is 3.99. The van der Waals surface area contributed by atoms with Gasteiger partial charge in [-0.25, -0.2) is 9.97 Å². The Hall–Kier alpha value is -3.88. The summed E-state index contributed by atoms with van der Waals surface area (Å²) >= 11 is 0. The summed E-state index contributed by atoms with van der Waals surface area (Å²) in [6.45, 7) is 4.11. The Labute approximate surface area is 194 Å². The second-order valence-electron chi connectivity index (χ2n) is 8.29. The minimum absolute atomic E-state index is 0.415. The zero-order valence-corrected chi connectivity index (χ0v) is 18.6. The van der Waals surface area contributed by atoms with Crippen molar-refractivity contribution >= 4 is 22.4 Å².